The van der Waals surface area contributed by atoms with Gasteiger partial charge in [-0.1, -0.05) is 103 Å². The van der Waals surface area contributed by atoms with Crippen LogP contribution in [0.4, 0.5) is 13.2 Å². The second kappa shape index (κ2) is 15.1. The maximum absolute atomic E-state index is 13.6. The molecular weight excluding hydrogens is 575 g/mol. The third kappa shape index (κ3) is 8.85. The zero-order valence-corrected chi connectivity index (χ0v) is 24.7. The van der Waals surface area contributed by atoms with Crippen LogP contribution < -0.4 is 4.74 Å². The minimum Gasteiger partial charge on any atom is -0.494 e. The fourth-order valence-electron chi connectivity index (χ4n) is 5.28. The molecule has 0 fully saturated rings. The maximum atomic E-state index is 13.6. The number of hydrogen-bond donors (Lipinski definition) is 1. The smallest absolute Gasteiger partial charge is 0.417 e. The summed E-state index contributed by atoms with van der Waals surface area (Å²) in [6.45, 7) is 3.49. The average Bonchev–Trinajstić information content (AvgIpc) is 2.99. The Morgan fingerprint density at radius 1 is 0.884 bits per heavy atom. The Bertz CT molecular complexity index is 1420. The van der Waals surface area contributed by atoms with Gasteiger partial charge in [0, 0.05) is 25.6 Å². The second-order valence-corrected chi connectivity index (χ2v) is 10.8. The van der Waals surface area contributed by atoms with Crippen LogP contribution >= 0.6 is 11.6 Å². The molecule has 0 aliphatic heterocycles. The van der Waals surface area contributed by atoms with E-state index in [1.165, 1.54) is 6.07 Å². The number of halogens is 4. The number of rotatable bonds is 14. The van der Waals surface area contributed by atoms with Crippen molar-refractivity contribution in [3.05, 3.63) is 136 Å². The summed E-state index contributed by atoms with van der Waals surface area (Å²) in [4.78, 5) is 13.7. The van der Waals surface area contributed by atoms with Gasteiger partial charge >= 0.3 is 12.1 Å². The van der Waals surface area contributed by atoms with E-state index in [1.54, 1.807) is 30.3 Å². The zero-order chi connectivity index (χ0) is 30.8. The molecule has 0 radical (unpaired) electrons. The van der Waals surface area contributed by atoms with Gasteiger partial charge in [-0.15, -0.1) is 0 Å². The summed E-state index contributed by atoms with van der Waals surface area (Å²) in [6.07, 6.45) is -3.49. The van der Waals surface area contributed by atoms with Crippen molar-refractivity contribution in [3.63, 3.8) is 0 Å². The molecule has 0 saturated carbocycles. The maximum Gasteiger partial charge on any atom is 0.417 e. The molecular formula is C35H35ClF3NO3. The molecule has 0 aliphatic rings. The Labute approximate surface area is 255 Å². The van der Waals surface area contributed by atoms with Crippen LogP contribution in [0.15, 0.2) is 103 Å². The van der Waals surface area contributed by atoms with Gasteiger partial charge in [-0.05, 0) is 53.3 Å². The van der Waals surface area contributed by atoms with Gasteiger partial charge in [-0.2, -0.15) is 13.2 Å². The lowest BCUT2D eigenvalue weighted by atomic mass is 9.90. The van der Waals surface area contributed by atoms with Gasteiger partial charge in [-0.3, -0.25) is 9.69 Å². The third-order valence-corrected chi connectivity index (χ3v) is 7.92. The van der Waals surface area contributed by atoms with Gasteiger partial charge in [0.05, 0.1) is 23.1 Å². The molecule has 1 N–H and O–H groups in total. The fourth-order valence-corrected chi connectivity index (χ4v) is 5.57. The first-order valence-corrected chi connectivity index (χ1v) is 14.7. The van der Waals surface area contributed by atoms with Crippen molar-refractivity contribution in [1.82, 2.24) is 4.90 Å². The van der Waals surface area contributed by atoms with Gasteiger partial charge in [0.25, 0.3) is 0 Å². The largest absolute Gasteiger partial charge is 0.494 e. The van der Waals surface area contributed by atoms with Crippen molar-refractivity contribution < 1.29 is 27.8 Å². The van der Waals surface area contributed by atoms with E-state index in [4.69, 9.17) is 16.3 Å². The van der Waals surface area contributed by atoms with Crippen LogP contribution in [-0.2, 0) is 17.5 Å². The molecule has 4 rings (SSSR count). The summed E-state index contributed by atoms with van der Waals surface area (Å²) in [5.41, 5.74) is 2.45. The molecule has 0 amide bonds. The molecule has 0 bridgehead atoms. The van der Waals surface area contributed by atoms with E-state index < -0.39 is 23.6 Å². The molecule has 226 valence electrons. The molecule has 0 saturated heterocycles. The summed E-state index contributed by atoms with van der Waals surface area (Å²) in [5.74, 6) is -0.929. The lowest BCUT2D eigenvalue weighted by Gasteiger charge is -2.29. The van der Waals surface area contributed by atoms with Crippen molar-refractivity contribution in [2.75, 3.05) is 19.7 Å². The minimum atomic E-state index is -4.55. The van der Waals surface area contributed by atoms with Gasteiger partial charge in [-0.25, -0.2) is 0 Å². The number of carboxylic acids is 1. The Morgan fingerprint density at radius 3 is 2.07 bits per heavy atom. The summed E-state index contributed by atoms with van der Waals surface area (Å²) in [6, 6.07) is 31.2. The Hall–Kier alpha value is -3.81. The first kappa shape index (κ1) is 32.1. The van der Waals surface area contributed by atoms with Gasteiger partial charge < -0.3 is 9.84 Å². The topological polar surface area (TPSA) is 49.8 Å². The lowest BCUT2D eigenvalue weighted by molar-refractivity contribution is -0.139. The standard InChI is InChI=1S/C35H35ClF3NO3/c1-2-30(34(41)42)27-16-9-18-29(22-27)43-21-11-20-40(23-28-17-10-19-32(33(28)36)35(37,38)39)24-31(25-12-5-3-6-13-25)26-14-7-4-8-15-26/h3-10,12-19,22,30-31H,2,11,20-21,23-24H2,1H3,(H,41,42)/t30-/m0/s1. The van der Waals surface area contributed by atoms with Crippen molar-refractivity contribution in [3.8, 4) is 5.75 Å². The molecule has 0 spiro atoms. The first-order chi connectivity index (χ1) is 20.7. The van der Waals surface area contributed by atoms with E-state index in [0.717, 1.165) is 17.2 Å². The van der Waals surface area contributed by atoms with E-state index in [2.05, 4.69) is 29.2 Å². The number of carbonyl (C=O) groups is 1. The van der Waals surface area contributed by atoms with E-state index in [0.29, 0.717) is 49.4 Å². The predicted octanol–water partition coefficient (Wildman–Crippen LogP) is 9.04. The van der Waals surface area contributed by atoms with E-state index in [1.807, 2.05) is 43.3 Å². The van der Waals surface area contributed by atoms with Gasteiger partial charge in [0.1, 0.15) is 5.75 Å². The van der Waals surface area contributed by atoms with Crippen LogP contribution in [0.5, 0.6) is 5.75 Å². The number of benzene rings is 4. The molecule has 0 aromatic heterocycles. The Kier molecular flexibility index (Phi) is 11.3. The number of nitrogens with zero attached hydrogens (tertiary/aromatic N) is 1. The molecule has 0 aliphatic carbocycles. The van der Waals surface area contributed by atoms with Crippen LogP contribution in [0.3, 0.4) is 0 Å². The highest BCUT2D eigenvalue weighted by Crippen LogP contribution is 2.37. The van der Waals surface area contributed by atoms with E-state index in [9.17, 15) is 23.1 Å². The molecule has 43 heavy (non-hydrogen) atoms. The van der Waals surface area contributed by atoms with Crippen molar-refractivity contribution in [2.45, 2.75) is 44.3 Å². The van der Waals surface area contributed by atoms with Crippen molar-refractivity contribution in [1.29, 1.82) is 0 Å². The highest BCUT2D eigenvalue weighted by atomic mass is 35.5. The van der Waals surface area contributed by atoms with Gasteiger partial charge in [0.2, 0.25) is 0 Å². The van der Waals surface area contributed by atoms with Crippen molar-refractivity contribution in [2.24, 2.45) is 0 Å². The SMILES string of the molecule is CC[C@H](C(=O)O)c1cccc(OCCCN(Cc2cccc(C(F)(F)F)c2Cl)CC(c2ccccc2)c2ccccc2)c1. The molecule has 0 heterocycles. The normalized spacial score (nSPS) is 12.4. The summed E-state index contributed by atoms with van der Waals surface area (Å²) >= 11 is 6.31. The molecule has 4 aromatic carbocycles. The molecule has 4 nitrogen and oxygen atoms in total. The average molecular weight is 610 g/mol. The minimum absolute atomic E-state index is 0.0217. The van der Waals surface area contributed by atoms with Crippen molar-refractivity contribution >= 4 is 17.6 Å². The number of aliphatic carboxylic acids is 1. The Morgan fingerprint density at radius 2 is 1.49 bits per heavy atom. The fraction of sp³-hybridized carbons (Fsp3) is 0.286. The predicted molar refractivity (Wildman–Crippen MR) is 164 cm³/mol. The van der Waals surface area contributed by atoms with Crippen LogP contribution in [-0.4, -0.2) is 35.7 Å². The van der Waals surface area contributed by atoms with Crippen LogP contribution in [0.1, 0.15) is 59.4 Å². The quantitative estimate of drug-likeness (QED) is 0.145. The Balaban J connectivity index is 1.54. The van der Waals surface area contributed by atoms with Crippen LogP contribution in [0.25, 0.3) is 0 Å². The highest BCUT2D eigenvalue weighted by molar-refractivity contribution is 6.32. The summed E-state index contributed by atoms with van der Waals surface area (Å²) in [5, 5.41) is 9.23. The number of ether oxygens (including phenoxy) is 1. The monoisotopic (exact) mass is 609 g/mol. The summed E-state index contributed by atoms with van der Waals surface area (Å²) in [7, 11) is 0. The number of carboxylic acid groups (broad SMARTS) is 1. The summed E-state index contributed by atoms with van der Waals surface area (Å²) < 4.78 is 46.9. The van der Waals surface area contributed by atoms with E-state index >= 15 is 0 Å². The highest BCUT2D eigenvalue weighted by Gasteiger charge is 2.34. The molecule has 1 atom stereocenters. The third-order valence-electron chi connectivity index (χ3n) is 7.48. The molecule has 8 heteroatoms. The second-order valence-electron chi connectivity index (χ2n) is 10.5. The molecule has 0 unspecified atom stereocenters. The first-order valence-electron chi connectivity index (χ1n) is 14.3. The van der Waals surface area contributed by atoms with Crippen LogP contribution in [0, 0.1) is 0 Å². The van der Waals surface area contributed by atoms with Gasteiger partial charge in [0.15, 0.2) is 0 Å². The number of hydrogen-bond acceptors (Lipinski definition) is 3. The zero-order valence-electron chi connectivity index (χ0n) is 23.9. The number of alkyl halides is 3. The van der Waals surface area contributed by atoms with Crippen LogP contribution in [0.2, 0.25) is 5.02 Å². The van der Waals surface area contributed by atoms with E-state index in [-0.39, 0.29) is 17.5 Å². The molecule has 4 aromatic rings. The lowest BCUT2D eigenvalue weighted by Crippen LogP contribution is -2.31.